The molecule has 140 valence electrons. The van der Waals surface area contributed by atoms with Gasteiger partial charge in [-0.3, -0.25) is 14.9 Å². The lowest BCUT2D eigenvalue weighted by Crippen LogP contribution is -2.33. The van der Waals surface area contributed by atoms with Crippen molar-refractivity contribution in [1.82, 2.24) is 14.9 Å². The molecule has 0 atom stereocenters. The number of rotatable bonds is 8. The van der Waals surface area contributed by atoms with Crippen LogP contribution >= 0.6 is 11.8 Å². The second-order valence-corrected chi connectivity index (χ2v) is 6.89. The number of hydrogen-bond donors (Lipinski definition) is 1. The van der Waals surface area contributed by atoms with Gasteiger partial charge in [-0.25, -0.2) is 4.98 Å². The SMILES string of the molecule is COCCn1c(SCC(=O)NC(=O)Cc2ccccc2)nc2ccccc21. The maximum atomic E-state index is 12.1. The Bertz CT molecular complexity index is 925. The Morgan fingerprint density at radius 2 is 1.81 bits per heavy atom. The molecule has 0 radical (unpaired) electrons. The van der Waals surface area contributed by atoms with E-state index >= 15 is 0 Å². The Balaban J connectivity index is 1.60. The molecule has 0 aliphatic carbocycles. The van der Waals surface area contributed by atoms with Crippen molar-refractivity contribution in [3.8, 4) is 0 Å². The molecule has 1 heterocycles. The maximum Gasteiger partial charge on any atom is 0.237 e. The monoisotopic (exact) mass is 383 g/mol. The fraction of sp³-hybridized carbons (Fsp3) is 0.250. The van der Waals surface area contributed by atoms with Gasteiger partial charge in [-0.2, -0.15) is 0 Å². The Morgan fingerprint density at radius 3 is 2.59 bits per heavy atom. The van der Waals surface area contributed by atoms with Crippen molar-refractivity contribution in [2.24, 2.45) is 0 Å². The van der Waals surface area contributed by atoms with E-state index in [1.165, 1.54) is 11.8 Å². The van der Waals surface area contributed by atoms with Crippen LogP contribution in [0.4, 0.5) is 0 Å². The van der Waals surface area contributed by atoms with Gasteiger partial charge in [0.2, 0.25) is 11.8 Å². The normalized spacial score (nSPS) is 10.9. The predicted octanol–water partition coefficient (Wildman–Crippen LogP) is 2.66. The number of methoxy groups -OCH3 is 1. The summed E-state index contributed by atoms with van der Waals surface area (Å²) < 4.78 is 7.20. The smallest absolute Gasteiger partial charge is 0.237 e. The van der Waals surface area contributed by atoms with E-state index in [1.54, 1.807) is 7.11 Å². The van der Waals surface area contributed by atoms with Crippen molar-refractivity contribution in [3.05, 3.63) is 60.2 Å². The Kier molecular flexibility index (Phi) is 6.62. The Hall–Kier alpha value is -2.64. The van der Waals surface area contributed by atoms with Crippen molar-refractivity contribution in [2.75, 3.05) is 19.5 Å². The number of carbonyl (C=O) groups excluding carboxylic acids is 2. The van der Waals surface area contributed by atoms with Crippen LogP contribution in [0, 0.1) is 0 Å². The van der Waals surface area contributed by atoms with Crippen LogP contribution < -0.4 is 5.32 Å². The summed E-state index contributed by atoms with van der Waals surface area (Å²) in [6.45, 7) is 1.20. The van der Waals surface area contributed by atoms with Gasteiger partial charge < -0.3 is 9.30 Å². The van der Waals surface area contributed by atoms with E-state index in [1.807, 2.05) is 59.2 Å². The van der Waals surface area contributed by atoms with Gasteiger partial charge in [-0.15, -0.1) is 0 Å². The number of imidazole rings is 1. The van der Waals surface area contributed by atoms with E-state index in [-0.39, 0.29) is 24.0 Å². The standard InChI is InChI=1S/C20H21N3O3S/c1-26-12-11-23-17-10-6-5-9-16(17)21-20(23)27-14-19(25)22-18(24)13-15-7-3-2-4-8-15/h2-10H,11-14H2,1H3,(H,22,24,25). The second-order valence-electron chi connectivity index (χ2n) is 5.95. The van der Waals surface area contributed by atoms with Crippen LogP contribution in [0.3, 0.4) is 0 Å². The third-order valence-electron chi connectivity index (χ3n) is 3.96. The van der Waals surface area contributed by atoms with Gasteiger partial charge in [0.25, 0.3) is 0 Å². The van der Waals surface area contributed by atoms with Gasteiger partial charge >= 0.3 is 0 Å². The molecule has 0 aliphatic rings. The van der Waals surface area contributed by atoms with E-state index in [4.69, 9.17) is 4.74 Å². The zero-order valence-electron chi connectivity index (χ0n) is 15.1. The average molecular weight is 383 g/mol. The second kappa shape index (κ2) is 9.34. The topological polar surface area (TPSA) is 73.2 Å². The lowest BCUT2D eigenvalue weighted by molar-refractivity contribution is -0.128. The Morgan fingerprint density at radius 1 is 1.07 bits per heavy atom. The molecule has 2 aromatic carbocycles. The number of aromatic nitrogens is 2. The van der Waals surface area contributed by atoms with Crippen LogP contribution in [0.15, 0.2) is 59.8 Å². The van der Waals surface area contributed by atoms with Gasteiger partial charge in [-0.05, 0) is 17.7 Å². The van der Waals surface area contributed by atoms with Crippen LogP contribution in [0.1, 0.15) is 5.56 Å². The number of amides is 2. The largest absolute Gasteiger partial charge is 0.383 e. The third kappa shape index (κ3) is 5.18. The van der Waals surface area contributed by atoms with Gasteiger partial charge in [0.1, 0.15) is 0 Å². The summed E-state index contributed by atoms with van der Waals surface area (Å²) in [7, 11) is 1.65. The highest BCUT2D eigenvalue weighted by molar-refractivity contribution is 7.99. The average Bonchev–Trinajstić information content (AvgIpc) is 3.03. The molecule has 1 N–H and O–H groups in total. The summed E-state index contributed by atoms with van der Waals surface area (Å²) in [5.41, 5.74) is 2.74. The maximum absolute atomic E-state index is 12.1. The molecule has 0 aliphatic heterocycles. The van der Waals surface area contributed by atoms with Gasteiger partial charge in [0.05, 0.1) is 29.8 Å². The number of nitrogens with zero attached hydrogens (tertiary/aromatic N) is 2. The number of thioether (sulfide) groups is 1. The van der Waals surface area contributed by atoms with Crippen molar-refractivity contribution >= 4 is 34.6 Å². The molecule has 3 aromatic rings. The summed E-state index contributed by atoms with van der Waals surface area (Å²) >= 11 is 1.31. The molecule has 6 nitrogen and oxygen atoms in total. The van der Waals surface area contributed by atoms with Crippen LogP contribution in [-0.2, 0) is 27.3 Å². The first-order chi connectivity index (χ1) is 13.2. The zero-order chi connectivity index (χ0) is 19.1. The minimum Gasteiger partial charge on any atom is -0.383 e. The van der Waals surface area contributed by atoms with Gasteiger partial charge in [0.15, 0.2) is 5.16 Å². The zero-order valence-corrected chi connectivity index (χ0v) is 15.9. The molecule has 27 heavy (non-hydrogen) atoms. The molecular formula is C20H21N3O3S. The molecule has 1 aromatic heterocycles. The molecule has 0 fully saturated rings. The number of para-hydroxylation sites is 2. The lowest BCUT2D eigenvalue weighted by atomic mass is 10.1. The van der Waals surface area contributed by atoms with Crippen molar-refractivity contribution in [3.63, 3.8) is 0 Å². The molecule has 3 rings (SSSR count). The number of carbonyl (C=O) groups is 2. The van der Waals surface area contributed by atoms with Crippen LogP contribution in [-0.4, -0.2) is 40.8 Å². The molecular weight excluding hydrogens is 362 g/mol. The summed E-state index contributed by atoms with van der Waals surface area (Å²) in [4.78, 5) is 28.7. The van der Waals surface area contributed by atoms with E-state index in [0.29, 0.717) is 13.2 Å². The van der Waals surface area contributed by atoms with E-state index in [0.717, 1.165) is 21.8 Å². The fourth-order valence-corrected chi connectivity index (χ4v) is 3.55. The quantitative estimate of drug-likeness (QED) is 0.606. The summed E-state index contributed by atoms with van der Waals surface area (Å²) in [6, 6.07) is 17.1. The highest BCUT2D eigenvalue weighted by Gasteiger charge is 2.14. The summed E-state index contributed by atoms with van der Waals surface area (Å²) in [5, 5.41) is 3.17. The third-order valence-corrected chi connectivity index (χ3v) is 4.93. The molecule has 7 heteroatoms. The number of imide groups is 1. The van der Waals surface area contributed by atoms with E-state index in [9.17, 15) is 9.59 Å². The molecule has 2 amide bonds. The fourth-order valence-electron chi connectivity index (χ4n) is 2.71. The van der Waals surface area contributed by atoms with Crippen molar-refractivity contribution in [2.45, 2.75) is 18.1 Å². The molecule has 0 unspecified atom stereocenters. The molecule has 0 bridgehead atoms. The van der Waals surface area contributed by atoms with Crippen LogP contribution in [0.25, 0.3) is 11.0 Å². The minimum atomic E-state index is -0.328. The molecule has 0 saturated heterocycles. The number of benzene rings is 2. The highest BCUT2D eigenvalue weighted by atomic mass is 32.2. The summed E-state index contributed by atoms with van der Waals surface area (Å²) in [6.07, 6.45) is 0.184. The number of nitrogens with one attached hydrogen (secondary N) is 1. The number of fused-ring (bicyclic) bond motifs is 1. The highest BCUT2D eigenvalue weighted by Crippen LogP contribution is 2.23. The van der Waals surface area contributed by atoms with E-state index in [2.05, 4.69) is 10.3 Å². The van der Waals surface area contributed by atoms with E-state index < -0.39 is 0 Å². The van der Waals surface area contributed by atoms with Gasteiger partial charge in [-0.1, -0.05) is 54.2 Å². The first-order valence-corrected chi connectivity index (χ1v) is 9.59. The molecule has 0 saturated carbocycles. The van der Waals surface area contributed by atoms with Crippen LogP contribution in [0.2, 0.25) is 0 Å². The number of ether oxygens (including phenoxy) is 1. The lowest BCUT2D eigenvalue weighted by Gasteiger charge is -2.08. The first-order valence-electron chi connectivity index (χ1n) is 8.61. The van der Waals surface area contributed by atoms with Crippen LogP contribution in [0.5, 0.6) is 0 Å². The van der Waals surface area contributed by atoms with Crippen molar-refractivity contribution < 1.29 is 14.3 Å². The molecule has 0 spiro atoms. The van der Waals surface area contributed by atoms with Gasteiger partial charge in [0, 0.05) is 13.7 Å². The number of hydrogen-bond acceptors (Lipinski definition) is 5. The first kappa shape index (κ1) is 19.1. The predicted molar refractivity (Wildman–Crippen MR) is 106 cm³/mol. The Labute approximate surface area is 161 Å². The minimum absolute atomic E-state index is 0.122. The van der Waals surface area contributed by atoms with Crippen molar-refractivity contribution in [1.29, 1.82) is 0 Å². The summed E-state index contributed by atoms with van der Waals surface area (Å²) in [5.74, 6) is -0.512.